The monoisotopic (exact) mass is 228 g/mol. The maximum Gasteiger partial charge on any atom is 0.234 e. The van der Waals surface area contributed by atoms with E-state index in [4.69, 9.17) is 4.74 Å². The molecule has 0 aromatic carbocycles. The molecule has 0 spiro atoms. The topological polar surface area (TPSA) is 50.4 Å². The Labute approximate surface area is 98.1 Å². The normalized spacial score (nSPS) is 24.6. The van der Waals surface area contributed by atoms with Gasteiger partial charge in [0.2, 0.25) is 5.91 Å². The molecule has 0 radical (unpaired) electrons. The van der Waals surface area contributed by atoms with Crippen molar-refractivity contribution in [1.29, 1.82) is 0 Å². The molecular formula is C12H24N2O2. The Morgan fingerprint density at radius 1 is 1.44 bits per heavy atom. The molecule has 0 unspecified atom stereocenters. The minimum atomic E-state index is 0.112. The highest BCUT2D eigenvalue weighted by Gasteiger charge is 2.26. The molecule has 0 bridgehead atoms. The number of ether oxygens (including phenoxy) is 1. The van der Waals surface area contributed by atoms with Crippen molar-refractivity contribution in [1.82, 2.24) is 10.6 Å². The zero-order valence-electron chi connectivity index (χ0n) is 10.4. The van der Waals surface area contributed by atoms with E-state index in [0.29, 0.717) is 25.1 Å². The molecule has 1 aliphatic carbocycles. The molecule has 0 heterocycles. The smallest absolute Gasteiger partial charge is 0.234 e. The molecule has 16 heavy (non-hydrogen) atoms. The molecule has 2 atom stereocenters. The summed E-state index contributed by atoms with van der Waals surface area (Å²) in [6.07, 6.45) is 4.82. The molecule has 4 nitrogen and oxygen atoms in total. The van der Waals surface area contributed by atoms with E-state index in [1.807, 2.05) is 0 Å². The van der Waals surface area contributed by atoms with Gasteiger partial charge in [-0.15, -0.1) is 0 Å². The minimum absolute atomic E-state index is 0.112. The maximum atomic E-state index is 11.6. The van der Waals surface area contributed by atoms with Gasteiger partial charge in [-0.1, -0.05) is 19.8 Å². The Balaban J connectivity index is 2.13. The van der Waals surface area contributed by atoms with E-state index < -0.39 is 0 Å². The van der Waals surface area contributed by atoms with Gasteiger partial charge >= 0.3 is 0 Å². The minimum Gasteiger partial charge on any atom is -0.383 e. The van der Waals surface area contributed by atoms with Gasteiger partial charge in [0.15, 0.2) is 0 Å². The van der Waals surface area contributed by atoms with E-state index in [1.165, 1.54) is 19.3 Å². The molecule has 1 aliphatic rings. The number of hydrogen-bond donors (Lipinski definition) is 2. The Morgan fingerprint density at radius 3 is 2.94 bits per heavy atom. The number of nitrogens with one attached hydrogen (secondary N) is 2. The molecule has 0 saturated heterocycles. The summed E-state index contributed by atoms with van der Waals surface area (Å²) in [5, 5.41) is 6.17. The summed E-state index contributed by atoms with van der Waals surface area (Å²) in [5.74, 6) is 0.796. The van der Waals surface area contributed by atoms with Crippen LogP contribution in [0.1, 0.15) is 32.6 Å². The van der Waals surface area contributed by atoms with Gasteiger partial charge in [0.05, 0.1) is 13.2 Å². The van der Waals surface area contributed by atoms with Crippen molar-refractivity contribution in [2.24, 2.45) is 5.92 Å². The molecule has 0 aromatic rings. The number of carbonyl (C=O) groups excluding carboxylic acids is 1. The van der Waals surface area contributed by atoms with Gasteiger partial charge in [-0.05, 0) is 18.8 Å². The highest BCUT2D eigenvalue weighted by molar-refractivity contribution is 5.78. The molecule has 1 saturated carbocycles. The zero-order valence-corrected chi connectivity index (χ0v) is 10.4. The summed E-state index contributed by atoms with van der Waals surface area (Å²) in [7, 11) is 1.66. The first-order chi connectivity index (χ1) is 7.77. The quantitative estimate of drug-likeness (QED) is 0.637. The van der Waals surface area contributed by atoms with E-state index >= 15 is 0 Å². The largest absolute Gasteiger partial charge is 0.383 e. The SMILES string of the molecule is CC[C@H]1CCC[C@H]1NC(=O)CNCCOC. The first kappa shape index (κ1) is 13.5. The fourth-order valence-electron chi connectivity index (χ4n) is 2.35. The fraction of sp³-hybridized carbons (Fsp3) is 0.917. The summed E-state index contributed by atoms with van der Waals surface area (Å²) in [6.45, 7) is 3.97. The summed E-state index contributed by atoms with van der Waals surface area (Å²) < 4.78 is 4.90. The Morgan fingerprint density at radius 2 is 2.25 bits per heavy atom. The molecule has 4 heteroatoms. The number of rotatable bonds is 7. The van der Waals surface area contributed by atoms with Crippen LogP contribution < -0.4 is 10.6 Å². The third-order valence-corrected chi connectivity index (χ3v) is 3.30. The van der Waals surface area contributed by atoms with E-state index in [1.54, 1.807) is 7.11 Å². The molecule has 94 valence electrons. The van der Waals surface area contributed by atoms with Gasteiger partial charge in [-0.25, -0.2) is 0 Å². The first-order valence-corrected chi connectivity index (χ1v) is 6.27. The van der Waals surface area contributed by atoms with E-state index in [0.717, 1.165) is 13.0 Å². The van der Waals surface area contributed by atoms with Gasteiger partial charge in [-0.3, -0.25) is 4.79 Å². The van der Waals surface area contributed by atoms with Crippen LogP contribution in [0.25, 0.3) is 0 Å². The first-order valence-electron chi connectivity index (χ1n) is 6.27. The van der Waals surface area contributed by atoms with Crippen LogP contribution >= 0.6 is 0 Å². The Kier molecular flexibility index (Phi) is 6.42. The van der Waals surface area contributed by atoms with Crippen LogP contribution in [-0.2, 0) is 9.53 Å². The average Bonchev–Trinajstić information content (AvgIpc) is 2.71. The summed E-state index contributed by atoms with van der Waals surface area (Å²) in [4.78, 5) is 11.6. The number of methoxy groups -OCH3 is 1. The second kappa shape index (κ2) is 7.63. The highest BCUT2D eigenvalue weighted by Crippen LogP contribution is 2.27. The van der Waals surface area contributed by atoms with Gasteiger partial charge in [-0.2, -0.15) is 0 Å². The lowest BCUT2D eigenvalue weighted by Gasteiger charge is -2.19. The molecule has 1 fully saturated rings. The predicted octanol–water partition coefficient (Wildman–Crippen LogP) is 0.917. The van der Waals surface area contributed by atoms with Crippen LogP contribution in [0.2, 0.25) is 0 Å². The second-order valence-electron chi connectivity index (χ2n) is 4.44. The number of carbonyl (C=O) groups is 1. The number of hydrogen-bond acceptors (Lipinski definition) is 3. The number of amides is 1. The van der Waals surface area contributed by atoms with Gasteiger partial charge in [0.25, 0.3) is 0 Å². The van der Waals surface area contributed by atoms with E-state index in [2.05, 4.69) is 17.6 Å². The van der Waals surface area contributed by atoms with Crippen LogP contribution in [0.15, 0.2) is 0 Å². The van der Waals surface area contributed by atoms with E-state index in [9.17, 15) is 4.79 Å². The molecule has 0 aromatic heterocycles. The van der Waals surface area contributed by atoms with Crippen molar-refractivity contribution in [2.45, 2.75) is 38.6 Å². The lowest BCUT2D eigenvalue weighted by Crippen LogP contribution is -2.42. The second-order valence-corrected chi connectivity index (χ2v) is 4.44. The van der Waals surface area contributed by atoms with Crippen LogP contribution in [-0.4, -0.2) is 38.8 Å². The van der Waals surface area contributed by atoms with Crippen molar-refractivity contribution in [3.05, 3.63) is 0 Å². The third-order valence-electron chi connectivity index (χ3n) is 3.30. The summed E-state index contributed by atoms with van der Waals surface area (Å²) >= 11 is 0. The molecule has 0 aliphatic heterocycles. The van der Waals surface area contributed by atoms with Crippen LogP contribution in [0.4, 0.5) is 0 Å². The lowest BCUT2D eigenvalue weighted by atomic mass is 10.0. The summed E-state index contributed by atoms with van der Waals surface area (Å²) in [5.41, 5.74) is 0. The van der Waals surface area contributed by atoms with Crippen molar-refractivity contribution in [3.8, 4) is 0 Å². The van der Waals surface area contributed by atoms with Gasteiger partial charge < -0.3 is 15.4 Å². The van der Waals surface area contributed by atoms with Crippen LogP contribution in [0, 0.1) is 5.92 Å². The van der Waals surface area contributed by atoms with Crippen molar-refractivity contribution in [2.75, 3.05) is 26.8 Å². The molecule has 1 rings (SSSR count). The van der Waals surface area contributed by atoms with Gasteiger partial charge in [0.1, 0.15) is 0 Å². The van der Waals surface area contributed by atoms with Gasteiger partial charge in [0, 0.05) is 19.7 Å². The summed E-state index contributed by atoms with van der Waals surface area (Å²) in [6, 6.07) is 0.404. The fourth-order valence-corrected chi connectivity index (χ4v) is 2.35. The lowest BCUT2D eigenvalue weighted by molar-refractivity contribution is -0.121. The standard InChI is InChI=1S/C12H24N2O2/c1-3-10-5-4-6-11(10)14-12(15)9-13-7-8-16-2/h10-11,13H,3-9H2,1-2H3,(H,14,15)/t10-,11+/m0/s1. The van der Waals surface area contributed by atoms with Crippen molar-refractivity contribution in [3.63, 3.8) is 0 Å². The predicted molar refractivity (Wildman–Crippen MR) is 64.3 cm³/mol. The molecule has 2 N–H and O–H groups in total. The van der Waals surface area contributed by atoms with E-state index in [-0.39, 0.29) is 5.91 Å². The third kappa shape index (κ3) is 4.49. The highest BCUT2D eigenvalue weighted by atomic mass is 16.5. The Hall–Kier alpha value is -0.610. The Bertz CT molecular complexity index is 209. The molecule has 1 amide bonds. The maximum absolute atomic E-state index is 11.6. The van der Waals surface area contributed by atoms with Crippen LogP contribution in [0.5, 0.6) is 0 Å². The van der Waals surface area contributed by atoms with Crippen molar-refractivity contribution >= 4 is 5.91 Å². The van der Waals surface area contributed by atoms with Crippen molar-refractivity contribution < 1.29 is 9.53 Å². The van der Waals surface area contributed by atoms with Crippen LogP contribution in [0.3, 0.4) is 0 Å². The molecular weight excluding hydrogens is 204 g/mol. The zero-order chi connectivity index (χ0) is 11.8. The average molecular weight is 228 g/mol.